The summed E-state index contributed by atoms with van der Waals surface area (Å²) < 4.78 is 0. The first-order valence-corrected chi connectivity index (χ1v) is 10.0. The largest absolute Gasteiger partial charge is 0.331 e. The predicted octanol–water partition coefficient (Wildman–Crippen LogP) is 5.41. The van der Waals surface area contributed by atoms with Gasteiger partial charge in [0.15, 0.2) is 5.00 Å². The Hall–Kier alpha value is -1.77. The van der Waals surface area contributed by atoms with Crippen molar-refractivity contribution in [3.63, 3.8) is 0 Å². The summed E-state index contributed by atoms with van der Waals surface area (Å²) in [5.41, 5.74) is 3.75. The number of rotatable bonds is 2. The van der Waals surface area contributed by atoms with E-state index in [1.165, 1.54) is 6.42 Å². The minimum absolute atomic E-state index is 0.187. The Bertz CT molecular complexity index is 984. The van der Waals surface area contributed by atoms with Gasteiger partial charge in [-0.05, 0) is 24.0 Å². The standard InChI is InChI=1S/C22H18Cl2N2/c23-18-17(15-9-3-1-4-10-15)26-21-14-8-7-13-20(18,21)25-19(22(21,26)24)16-11-5-2-6-12-16/h1-6,9-12H,7-8,13-14H2. The Kier molecular flexibility index (Phi) is 2.79. The van der Waals surface area contributed by atoms with E-state index < -0.39 is 5.00 Å². The molecule has 4 heteroatoms. The van der Waals surface area contributed by atoms with E-state index in [1.807, 2.05) is 12.1 Å². The molecule has 2 nitrogen and oxygen atoms in total. The highest BCUT2D eigenvalue weighted by Gasteiger charge is 2.92. The fourth-order valence-electron chi connectivity index (χ4n) is 5.69. The van der Waals surface area contributed by atoms with Crippen molar-refractivity contribution in [3.8, 4) is 0 Å². The Morgan fingerprint density at radius 1 is 0.846 bits per heavy atom. The van der Waals surface area contributed by atoms with Crippen LogP contribution >= 0.6 is 23.2 Å². The molecule has 26 heavy (non-hydrogen) atoms. The number of halogens is 2. The number of alkyl halides is 1. The molecule has 1 saturated carbocycles. The Morgan fingerprint density at radius 2 is 1.46 bits per heavy atom. The van der Waals surface area contributed by atoms with Crippen LogP contribution in [0, 0.1) is 0 Å². The maximum atomic E-state index is 7.41. The van der Waals surface area contributed by atoms with Gasteiger partial charge in [-0.25, -0.2) is 0 Å². The summed E-state index contributed by atoms with van der Waals surface area (Å²) in [6.45, 7) is 0. The van der Waals surface area contributed by atoms with E-state index in [0.717, 1.165) is 46.8 Å². The molecule has 3 heterocycles. The van der Waals surface area contributed by atoms with Crippen LogP contribution in [-0.4, -0.2) is 26.7 Å². The molecule has 3 unspecified atom stereocenters. The predicted molar refractivity (Wildman–Crippen MR) is 107 cm³/mol. The van der Waals surface area contributed by atoms with Crippen LogP contribution in [0.15, 0.2) is 70.7 Å². The van der Waals surface area contributed by atoms with Crippen LogP contribution < -0.4 is 0 Å². The molecule has 1 saturated heterocycles. The molecule has 2 aromatic carbocycles. The van der Waals surface area contributed by atoms with Gasteiger partial charge in [0.1, 0.15) is 11.1 Å². The lowest BCUT2D eigenvalue weighted by Crippen LogP contribution is -2.46. The van der Waals surface area contributed by atoms with Crippen molar-refractivity contribution in [2.45, 2.75) is 41.8 Å². The van der Waals surface area contributed by atoms with Crippen LogP contribution in [0.25, 0.3) is 5.70 Å². The summed E-state index contributed by atoms with van der Waals surface area (Å²) in [5.74, 6) is 0. The second-order valence-electron chi connectivity index (χ2n) is 7.74. The van der Waals surface area contributed by atoms with Gasteiger partial charge < -0.3 is 4.90 Å². The molecular formula is C22H18Cl2N2. The second-order valence-corrected chi connectivity index (χ2v) is 8.67. The smallest absolute Gasteiger partial charge is 0.184 e. The van der Waals surface area contributed by atoms with Crippen molar-refractivity contribution in [2.24, 2.45) is 4.99 Å². The van der Waals surface area contributed by atoms with Gasteiger partial charge >= 0.3 is 0 Å². The summed E-state index contributed by atoms with van der Waals surface area (Å²) in [4.78, 5) is 7.09. The zero-order chi connectivity index (χ0) is 17.6. The fraction of sp³-hybridized carbons (Fsp3) is 0.318. The highest BCUT2D eigenvalue weighted by atomic mass is 35.5. The Morgan fingerprint density at radius 3 is 2.12 bits per heavy atom. The molecule has 0 N–H and O–H groups in total. The van der Waals surface area contributed by atoms with E-state index in [4.69, 9.17) is 28.2 Å². The molecule has 130 valence electrons. The summed E-state index contributed by atoms with van der Waals surface area (Å²) in [6, 6.07) is 20.8. The fourth-order valence-corrected chi connectivity index (χ4v) is 6.85. The van der Waals surface area contributed by atoms with Crippen molar-refractivity contribution in [2.75, 3.05) is 0 Å². The molecular weight excluding hydrogens is 363 g/mol. The number of hydrogen-bond acceptors (Lipinski definition) is 2. The van der Waals surface area contributed by atoms with E-state index in [0.29, 0.717) is 0 Å². The normalized spacial score (nSPS) is 36.7. The van der Waals surface area contributed by atoms with E-state index in [2.05, 4.69) is 53.4 Å². The van der Waals surface area contributed by atoms with E-state index in [1.54, 1.807) is 0 Å². The maximum Gasteiger partial charge on any atom is 0.184 e. The van der Waals surface area contributed by atoms with Gasteiger partial charge in [-0.15, -0.1) is 0 Å². The van der Waals surface area contributed by atoms with Crippen LogP contribution in [0.4, 0.5) is 0 Å². The lowest BCUT2D eigenvalue weighted by Gasteiger charge is -2.35. The molecule has 6 rings (SSSR count). The highest BCUT2D eigenvalue weighted by Crippen LogP contribution is 2.80. The molecule has 0 aromatic heterocycles. The summed E-state index contributed by atoms with van der Waals surface area (Å²) in [7, 11) is 0. The molecule has 1 spiro atoms. The maximum absolute atomic E-state index is 7.41. The third kappa shape index (κ3) is 1.41. The molecule has 3 aliphatic heterocycles. The molecule has 4 aliphatic rings. The lowest BCUT2D eigenvalue weighted by atomic mass is 9.72. The second kappa shape index (κ2) is 4.74. The average Bonchev–Trinajstić information content (AvgIpc) is 3.02. The van der Waals surface area contributed by atoms with Gasteiger partial charge in [0.2, 0.25) is 0 Å². The van der Waals surface area contributed by atoms with Crippen molar-refractivity contribution < 1.29 is 0 Å². The SMILES string of the molecule is ClC1=C(c2ccccc2)N2C3(Cl)C(c4ccccc4)=NC14CCCCC243. The summed E-state index contributed by atoms with van der Waals surface area (Å²) in [6.07, 6.45) is 4.34. The molecule has 1 aliphatic carbocycles. The van der Waals surface area contributed by atoms with Gasteiger partial charge in [0.25, 0.3) is 0 Å². The first-order chi connectivity index (χ1) is 12.7. The number of fused-ring (bicyclic) bond motifs is 1. The zero-order valence-corrected chi connectivity index (χ0v) is 15.8. The van der Waals surface area contributed by atoms with Crippen LogP contribution in [0.5, 0.6) is 0 Å². The van der Waals surface area contributed by atoms with Crippen molar-refractivity contribution in [1.29, 1.82) is 0 Å². The Labute approximate surface area is 163 Å². The van der Waals surface area contributed by atoms with Crippen LogP contribution in [0.2, 0.25) is 0 Å². The third-order valence-corrected chi connectivity index (χ3v) is 7.86. The number of aliphatic imine (C=N–C) groups is 1. The highest BCUT2D eigenvalue weighted by molar-refractivity contribution is 6.47. The topological polar surface area (TPSA) is 15.4 Å². The van der Waals surface area contributed by atoms with Gasteiger partial charge in [-0.3, -0.25) is 4.99 Å². The van der Waals surface area contributed by atoms with E-state index in [9.17, 15) is 0 Å². The summed E-state index contributed by atoms with van der Waals surface area (Å²) in [5, 5.41) is 0.880. The molecule has 0 radical (unpaired) electrons. The minimum atomic E-state index is -0.571. The van der Waals surface area contributed by atoms with Crippen molar-refractivity contribution in [1.82, 2.24) is 4.90 Å². The van der Waals surface area contributed by atoms with Gasteiger partial charge in [0, 0.05) is 0 Å². The number of benzene rings is 2. The first-order valence-electron chi connectivity index (χ1n) is 9.27. The third-order valence-electron chi connectivity index (χ3n) is 6.70. The van der Waals surface area contributed by atoms with E-state index in [-0.39, 0.29) is 11.1 Å². The van der Waals surface area contributed by atoms with Crippen LogP contribution in [0.1, 0.15) is 36.8 Å². The minimum Gasteiger partial charge on any atom is -0.331 e. The summed E-state index contributed by atoms with van der Waals surface area (Å²) >= 11 is 14.5. The first kappa shape index (κ1) is 15.3. The van der Waals surface area contributed by atoms with Crippen molar-refractivity contribution >= 4 is 34.6 Å². The van der Waals surface area contributed by atoms with Gasteiger partial charge in [-0.1, -0.05) is 96.7 Å². The lowest BCUT2D eigenvalue weighted by molar-refractivity contribution is 0.266. The molecule has 0 bridgehead atoms. The van der Waals surface area contributed by atoms with Crippen LogP contribution in [0.3, 0.4) is 0 Å². The number of nitrogens with zero attached hydrogens (tertiary/aromatic N) is 2. The van der Waals surface area contributed by atoms with Gasteiger partial charge in [-0.2, -0.15) is 0 Å². The van der Waals surface area contributed by atoms with Crippen molar-refractivity contribution in [3.05, 3.63) is 76.8 Å². The zero-order valence-electron chi connectivity index (χ0n) is 14.3. The quantitative estimate of drug-likeness (QED) is 0.386. The van der Waals surface area contributed by atoms with E-state index >= 15 is 0 Å². The Balaban J connectivity index is 1.60. The molecule has 2 fully saturated rings. The monoisotopic (exact) mass is 380 g/mol. The molecule has 2 aromatic rings. The molecule has 0 amide bonds. The van der Waals surface area contributed by atoms with Gasteiger partial charge in [0.05, 0.1) is 16.4 Å². The molecule has 3 atom stereocenters. The average molecular weight is 381 g/mol. The number of hydrogen-bond donors (Lipinski definition) is 0. The van der Waals surface area contributed by atoms with Crippen LogP contribution in [-0.2, 0) is 0 Å².